The van der Waals surface area contributed by atoms with E-state index >= 15 is 0 Å². The van der Waals surface area contributed by atoms with Crippen molar-refractivity contribution in [2.24, 2.45) is 4.99 Å². The fraction of sp³-hybridized carbons (Fsp3) is 0.250. The number of benzene rings is 2. The van der Waals surface area contributed by atoms with Gasteiger partial charge >= 0.3 is 11.7 Å². The van der Waals surface area contributed by atoms with Crippen molar-refractivity contribution in [3.05, 3.63) is 47.5 Å². The molecule has 1 N–H and O–H groups in total. The number of thioether (sulfide) groups is 1. The summed E-state index contributed by atoms with van der Waals surface area (Å²) in [5, 5.41) is 10.8. The Kier molecular flexibility index (Phi) is 5.10. The van der Waals surface area contributed by atoms with Gasteiger partial charge in [0.2, 0.25) is 0 Å². The molecule has 29 heavy (non-hydrogen) atoms. The van der Waals surface area contributed by atoms with Crippen LogP contribution in [-0.4, -0.2) is 53.8 Å². The topological polar surface area (TPSA) is 84.2 Å². The number of esters is 1. The molecular formula is C20H19N3O4S2. The summed E-state index contributed by atoms with van der Waals surface area (Å²) in [7, 11) is 5.29. The molecule has 0 amide bonds. The number of fused-ring (bicyclic) bond motifs is 1. The van der Waals surface area contributed by atoms with Gasteiger partial charge in [0.25, 0.3) is 0 Å². The quantitative estimate of drug-likeness (QED) is 0.621. The lowest BCUT2D eigenvalue weighted by atomic mass is 10.2. The number of rotatable bonds is 5. The lowest BCUT2D eigenvalue weighted by molar-refractivity contribution is -0.156. The Bertz CT molecular complexity index is 1090. The van der Waals surface area contributed by atoms with Crippen LogP contribution in [0.3, 0.4) is 0 Å². The summed E-state index contributed by atoms with van der Waals surface area (Å²) in [4.78, 5) is 23.8. The van der Waals surface area contributed by atoms with E-state index in [1.54, 1.807) is 12.1 Å². The molecular weight excluding hydrogens is 410 g/mol. The number of carbonyl (C=O) groups is 1. The molecule has 1 aliphatic heterocycles. The molecule has 0 radical (unpaired) electrons. The first kappa shape index (κ1) is 19.5. The molecule has 0 spiro atoms. The van der Waals surface area contributed by atoms with Gasteiger partial charge in [-0.1, -0.05) is 11.8 Å². The second-order valence-electron chi connectivity index (χ2n) is 6.64. The first-order valence-corrected chi connectivity index (χ1v) is 10.6. The molecule has 0 saturated carbocycles. The molecule has 150 valence electrons. The third-order valence-corrected chi connectivity index (χ3v) is 6.63. The van der Waals surface area contributed by atoms with E-state index in [1.165, 1.54) is 42.3 Å². The molecule has 1 unspecified atom stereocenters. The number of aromatic nitrogens is 1. The van der Waals surface area contributed by atoms with Gasteiger partial charge in [0, 0.05) is 19.8 Å². The number of aliphatic imine (C=N–C) groups is 1. The summed E-state index contributed by atoms with van der Waals surface area (Å²) in [5.41, 5.74) is 0.487. The van der Waals surface area contributed by atoms with Gasteiger partial charge in [-0.2, -0.15) is 0 Å². The number of thiazole rings is 1. The van der Waals surface area contributed by atoms with Gasteiger partial charge in [0.05, 0.1) is 23.1 Å². The van der Waals surface area contributed by atoms with Crippen LogP contribution in [0.5, 0.6) is 11.5 Å². The second-order valence-corrected chi connectivity index (χ2v) is 8.64. The van der Waals surface area contributed by atoms with Gasteiger partial charge in [0.15, 0.2) is 0 Å². The van der Waals surface area contributed by atoms with Gasteiger partial charge in [0.1, 0.15) is 21.6 Å². The Balaban J connectivity index is 1.69. The van der Waals surface area contributed by atoms with Gasteiger partial charge in [-0.05, 0) is 42.5 Å². The molecule has 1 aromatic heterocycles. The van der Waals surface area contributed by atoms with Crippen molar-refractivity contribution in [2.45, 2.75) is 5.72 Å². The Hall–Kier alpha value is -2.78. The number of anilines is 1. The predicted octanol–water partition coefficient (Wildman–Crippen LogP) is 3.51. The van der Waals surface area contributed by atoms with Crippen LogP contribution in [0.15, 0.2) is 47.5 Å². The Morgan fingerprint density at radius 2 is 1.97 bits per heavy atom. The van der Waals surface area contributed by atoms with Crippen LogP contribution in [0.1, 0.15) is 5.01 Å². The minimum atomic E-state index is -1.49. The average molecular weight is 430 g/mol. The molecule has 0 saturated heterocycles. The van der Waals surface area contributed by atoms with E-state index in [0.717, 1.165) is 20.9 Å². The highest BCUT2D eigenvalue weighted by Gasteiger charge is 2.47. The summed E-state index contributed by atoms with van der Waals surface area (Å²) >= 11 is 2.93. The third kappa shape index (κ3) is 3.75. The van der Waals surface area contributed by atoms with Crippen molar-refractivity contribution >= 4 is 50.0 Å². The molecule has 2 aromatic carbocycles. The van der Waals surface area contributed by atoms with Crippen molar-refractivity contribution in [1.29, 1.82) is 0 Å². The first-order chi connectivity index (χ1) is 13.9. The number of carbonyl (C=O) groups excluding carboxylic acids is 1. The lowest BCUT2D eigenvalue weighted by Gasteiger charge is -2.23. The van der Waals surface area contributed by atoms with Crippen LogP contribution in [-0.2, 0) is 9.53 Å². The smallest absolute Gasteiger partial charge is 0.375 e. The minimum absolute atomic E-state index is 0.112. The van der Waals surface area contributed by atoms with Crippen molar-refractivity contribution < 1.29 is 19.4 Å². The number of hydrogen-bond acceptors (Lipinski definition) is 9. The summed E-state index contributed by atoms with van der Waals surface area (Å²) in [6.07, 6.45) is 0. The zero-order chi connectivity index (χ0) is 20.6. The molecule has 4 rings (SSSR count). The summed E-state index contributed by atoms with van der Waals surface area (Å²) in [6.45, 7) is 0. The van der Waals surface area contributed by atoms with Gasteiger partial charge in [-0.3, -0.25) is 0 Å². The van der Waals surface area contributed by atoms with Crippen molar-refractivity contribution in [3.8, 4) is 11.5 Å². The monoisotopic (exact) mass is 429 g/mol. The zero-order valence-electron chi connectivity index (χ0n) is 16.1. The molecule has 7 nitrogen and oxygen atoms in total. The van der Waals surface area contributed by atoms with E-state index in [9.17, 15) is 9.90 Å². The van der Waals surface area contributed by atoms with Crippen LogP contribution in [0.2, 0.25) is 0 Å². The van der Waals surface area contributed by atoms with E-state index in [-0.39, 0.29) is 11.5 Å². The maximum atomic E-state index is 12.5. The minimum Gasteiger partial charge on any atom is -0.508 e. The van der Waals surface area contributed by atoms with E-state index in [1.807, 2.05) is 31.1 Å². The number of ether oxygens (including phenoxy) is 2. The van der Waals surface area contributed by atoms with Gasteiger partial charge < -0.3 is 19.5 Å². The summed E-state index contributed by atoms with van der Waals surface area (Å²) in [5.74, 6) is 0.221. The van der Waals surface area contributed by atoms with E-state index in [2.05, 4.69) is 16.0 Å². The van der Waals surface area contributed by atoms with Crippen LogP contribution in [0.4, 0.5) is 5.69 Å². The van der Waals surface area contributed by atoms with Gasteiger partial charge in [-0.15, -0.1) is 11.3 Å². The molecule has 1 atom stereocenters. The number of phenolic OH excluding ortho intramolecular Hbond substituents is 1. The molecule has 3 aromatic rings. The van der Waals surface area contributed by atoms with E-state index in [0.29, 0.717) is 10.8 Å². The third-order valence-electron chi connectivity index (χ3n) is 4.39. The molecule has 0 bridgehead atoms. The van der Waals surface area contributed by atoms with Crippen molar-refractivity contribution in [3.63, 3.8) is 0 Å². The van der Waals surface area contributed by atoms with E-state index < -0.39 is 11.7 Å². The second kappa shape index (κ2) is 7.57. The number of hydrogen-bond donors (Lipinski definition) is 1. The van der Waals surface area contributed by atoms with E-state index in [4.69, 9.17) is 9.47 Å². The first-order valence-electron chi connectivity index (χ1n) is 8.77. The summed E-state index contributed by atoms with van der Waals surface area (Å²) < 4.78 is 11.9. The fourth-order valence-corrected chi connectivity index (χ4v) is 4.99. The standard InChI is InChI=1S/C20H19N3O4S2/c1-23(2)12-4-9-15-16(10-12)29-17(21-15)18-22-20(11-28-18,19(25)26-3)27-14-7-5-13(24)6-8-14/h4-10,24H,11H2,1-3H3. The highest BCUT2D eigenvalue weighted by molar-refractivity contribution is 8.15. The Morgan fingerprint density at radius 3 is 2.66 bits per heavy atom. The summed E-state index contributed by atoms with van der Waals surface area (Å²) in [6, 6.07) is 12.2. The van der Waals surface area contributed by atoms with Gasteiger partial charge in [-0.25, -0.2) is 14.8 Å². The lowest BCUT2D eigenvalue weighted by Crippen LogP contribution is -2.44. The van der Waals surface area contributed by atoms with Crippen LogP contribution in [0.25, 0.3) is 10.2 Å². The molecule has 9 heteroatoms. The Labute approximate surface area is 176 Å². The highest BCUT2D eigenvalue weighted by atomic mass is 32.2. The van der Waals surface area contributed by atoms with Crippen LogP contribution in [0, 0.1) is 0 Å². The fourth-order valence-electron chi connectivity index (χ4n) is 2.85. The number of aromatic hydroxyl groups is 1. The number of nitrogens with zero attached hydrogens (tertiary/aromatic N) is 3. The SMILES string of the molecule is COC(=O)C1(Oc2ccc(O)cc2)CSC(c2nc3ccc(N(C)C)cc3s2)=N1. The number of methoxy groups -OCH3 is 1. The number of phenols is 1. The van der Waals surface area contributed by atoms with Crippen molar-refractivity contribution in [1.82, 2.24) is 4.98 Å². The Morgan fingerprint density at radius 1 is 1.21 bits per heavy atom. The normalized spacial score (nSPS) is 18.5. The van der Waals surface area contributed by atoms with Crippen molar-refractivity contribution in [2.75, 3.05) is 31.9 Å². The molecule has 0 fully saturated rings. The van der Waals surface area contributed by atoms with Crippen LogP contribution >= 0.6 is 23.1 Å². The molecule has 2 heterocycles. The maximum absolute atomic E-state index is 12.5. The molecule has 0 aliphatic carbocycles. The molecule has 1 aliphatic rings. The average Bonchev–Trinajstić information content (AvgIpc) is 3.33. The largest absolute Gasteiger partial charge is 0.508 e. The highest BCUT2D eigenvalue weighted by Crippen LogP contribution is 2.37. The zero-order valence-corrected chi connectivity index (χ0v) is 17.7. The maximum Gasteiger partial charge on any atom is 0.375 e. The predicted molar refractivity (Wildman–Crippen MR) is 116 cm³/mol. The van der Waals surface area contributed by atoms with Crippen LogP contribution < -0.4 is 9.64 Å².